The zero-order valence-electron chi connectivity index (χ0n) is 22.7. The standard InChI is InChI=1S/C29H36N8O/c1-6-15-36-27(38)23-20-30-28(31-21-11-13-22(14-12-21)35-18-16-34(5)17-19-35)33-26(23)37(36)25-10-8-9-24(32-25)29(3,4)7-2/h6,8-14,20H,1,7,15-19H2,2-5H3,(H,30,31,33). The van der Waals surface area contributed by atoms with Gasteiger partial charge in [-0.3, -0.25) is 4.79 Å². The molecule has 0 radical (unpaired) electrons. The summed E-state index contributed by atoms with van der Waals surface area (Å²) in [5.41, 5.74) is 3.28. The second-order valence-electron chi connectivity index (χ2n) is 10.5. The van der Waals surface area contributed by atoms with E-state index in [2.05, 4.69) is 66.6 Å². The lowest BCUT2D eigenvalue weighted by molar-refractivity contribution is 0.313. The molecule has 198 valence electrons. The highest BCUT2D eigenvalue weighted by Gasteiger charge is 2.23. The van der Waals surface area contributed by atoms with Gasteiger partial charge in [-0.15, -0.1) is 6.58 Å². The first-order valence-electron chi connectivity index (χ1n) is 13.2. The predicted molar refractivity (Wildman–Crippen MR) is 154 cm³/mol. The van der Waals surface area contributed by atoms with Gasteiger partial charge in [-0.2, -0.15) is 4.98 Å². The van der Waals surface area contributed by atoms with Crippen LogP contribution in [-0.4, -0.2) is 62.4 Å². The molecule has 38 heavy (non-hydrogen) atoms. The SMILES string of the molecule is C=CCn1c(=O)c2cnc(Nc3ccc(N4CCN(C)CC4)cc3)nc2n1-c1cccc(C(C)(C)CC)n1. The molecule has 1 aliphatic rings. The van der Waals surface area contributed by atoms with E-state index in [0.717, 1.165) is 44.0 Å². The number of fused-ring (bicyclic) bond motifs is 1. The van der Waals surface area contributed by atoms with E-state index in [9.17, 15) is 4.79 Å². The molecule has 0 amide bonds. The van der Waals surface area contributed by atoms with Gasteiger partial charge in [0.1, 0.15) is 5.39 Å². The molecule has 5 rings (SSSR count). The topological polar surface area (TPSA) is 84.1 Å². The minimum Gasteiger partial charge on any atom is -0.369 e. The van der Waals surface area contributed by atoms with E-state index in [-0.39, 0.29) is 11.0 Å². The van der Waals surface area contributed by atoms with Crippen LogP contribution in [0.15, 0.2) is 66.1 Å². The molecule has 0 spiro atoms. The minimum atomic E-state index is -0.176. The van der Waals surface area contributed by atoms with Crippen molar-refractivity contribution in [2.75, 3.05) is 43.4 Å². The lowest BCUT2D eigenvalue weighted by Crippen LogP contribution is -2.44. The number of aromatic nitrogens is 5. The van der Waals surface area contributed by atoms with Crippen molar-refractivity contribution in [1.82, 2.24) is 29.2 Å². The summed E-state index contributed by atoms with van der Waals surface area (Å²) < 4.78 is 3.38. The van der Waals surface area contributed by atoms with E-state index in [4.69, 9.17) is 9.97 Å². The molecule has 1 aromatic carbocycles. The maximum Gasteiger partial charge on any atom is 0.278 e. The van der Waals surface area contributed by atoms with Crippen LogP contribution < -0.4 is 15.8 Å². The molecule has 1 fully saturated rings. The Balaban J connectivity index is 1.50. The Labute approximate surface area is 223 Å². The van der Waals surface area contributed by atoms with Gasteiger partial charge >= 0.3 is 0 Å². The first kappa shape index (κ1) is 25.7. The van der Waals surface area contributed by atoms with Crippen LogP contribution in [0, 0.1) is 0 Å². The van der Waals surface area contributed by atoms with Crippen molar-refractivity contribution in [1.29, 1.82) is 0 Å². The Morgan fingerprint density at radius 3 is 2.47 bits per heavy atom. The monoisotopic (exact) mass is 512 g/mol. The summed E-state index contributed by atoms with van der Waals surface area (Å²) in [4.78, 5) is 32.2. The summed E-state index contributed by atoms with van der Waals surface area (Å²) in [6, 6.07) is 14.2. The van der Waals surface area contributed by atoms with Crippen molar-refractivity contribution in [2.24, 2.45) is 0 Å². The molecule has 0 bridgehead atoms. The molecule has 1 aliphatic heterocycles. The van der Waals surface area contributed by atoms with Gasteiger partial charge in [0, 0.05) is 54.9 Å². The number of piperazine rings is 1. The molecule has 3 aromatic heterocycles. The fourth-order valence-electron chi connectivity index (χ4n) is 4.66. The van der Waals surface area contributed by atoms with Crippen LogP contribution in [0.1, 0.15) is 32.9 Å². The molecule has 0 saturated carbocycles. The van der Waals surface area contributed by atoms with Crippen molar-refractivity contribution in [3.05, 3.63) is 77.4 Å². The Bertz CT molecular complexity index is 1490. The fourth-order valence-corrected chi connectivity index (χ4v) is 4.66. The van der Waals surface area contributed by atoms with Crippen molar-refractivity contribution in [3.8, 4) is 5.82 Å². The summed E-state index contributed by atoms with van der Waals surface area (Å²) in [6.07, 6.45) is 4.23. The Morgan fingerprint density at radius 1 is 1.05 bits per heavy atom. The van der Waals surface area contributed by atoms with Crippen molar-refractivity contribution >= 4 is 28.4 Å². The van der Waals surface area contributed by atoms with Gasteiger partial charge in [0.25, 0.3) is 5.56 Å². The molecule has 4 aromatic rings. The highest BCUT2D eigenvalue weighted by Crippen LogP contribution is 2.27. The third-order valence-corrected chi connectivity index (χ3v) is 7.50. The van der Waals surface area contributed by atoms with Gasteiger partial charge < -0.3 is 15.1 Å². The van der Waals surface area contributed by atoms with E-state index >= 15 is 0 Å². The smallest absolute Gasteiger partial charge is 0.278 e. The number of hydrogen-bond acceptors (Lipinski definition) is 7. The largest absolute Gasteiger partial charge is 0.369 e. The van der Waals surface area contributed by atoms with E-state index in [1.54, 1.807) is 21.6 Å². The molecule has 9 heteroatoms. The number of likely N-dealkylation sites (N-methyl/N-ethyl adjacent to an activating group) is 1. The number of hydrogen-bond donors (Lipinski definition) is 1. The zero-order chi connectivity index (χ0) is 26.9. The number of nitrogens with zero attached hydrogens (tertiary/aromatic N) is 7. The van der Waals surface area contributed by atoms with Crippen LogP contribution in [0.2, 0.25) is 0 Å². The third-order valence-electron chi connectivity index (χ3n) is 7.50. The van der Waals surface area contributed by atoms with Crippen molar-refractivity contribution in [3.63, 3.8) is 0 Å². The Morgan fingerprint density at radius 2 is 1.79 bits per heavy atom. The summed E-state index contributed by atoms with van der Waals surface area (Å²) in [5.74, 6) is 1.05. The molecule has 9 nitrogen and oxygen atoms in total. The van der Waals surface area contributed by atoms with Crippen molar-refractivity contribution in [2.45, 2.75) is 39.2 Å². The summed E-state index contributed by atoms with van der Waals surface area (Å²) >= 11 is 0. The van der Waals surface area contributed by atoms with Crippen LogP contribution in [0.4, 0.5) is 17.3 Å². The summed E-state index contributed by atoms with van der Waals surface area (Å²) in [6.45, 7) is 14.8. The number of rotatable bonds is 8. The molecular formula is C29H36N8O. The summed E-state index contributed by atoms with van der Waals surface area (Å²) in [5, 5.41) is 3.74. The predicted octanol–water partition coefficient (Wildman–Crippen LogP) is 4.35. The molecule has 1 saturated heterocycles. The number of allylic oxidation sites excluding steroid dienone is 1. The highest BCUT2D eigenvalue weighted by atomic mass is 16.1. The number of benzene rings is 1. The maximum atomic E-state index is 13.3. The second-order valence-corrected chi connectivity index (χ2v) is 10.5. The molecular weight excluding hydrogens is 476 g/mol. The van der Waals surface area contributed by atoms with Gasteiger partial charge in [-0.1, -0.05) is 32.9 Å². The van der Waals surface area contributed by atoms with E-state index in [1.807, 2.05) is 30.3 Å². The van der Waals surface area contributed by atoms with Crippen LogP contribution in [0.3, 0.4) is 0 Å². The Kier molecular flexibility index (Phi) is 7.03. The van der Waals surface area contributed by atoms with Crippen molar-refractivity contribution < 1.29 is 0 Å². The summed E-state index contributed by atoms with van der Waals surface area (Å²) in [7, 11) is 2.16. The van der Waals surface area contributed by atoms with Crippen LogP contribution in [0.25, 0.3) is 16.9 Å². The first-order chi connectivity index (χ1) is 18.3. The van der Waals surface area contributed by atoms with E-state index in [1.165, 1.54) is 5.69 Å². The fraction of sp³-hybridized carbons (Fsp3) is 0.379. The maximum absolute atomic E-state index is 13.3. The quantitative estimate of drug-likeness (QED) is 0.352. The molecule has 0 atom stereocenters. The average Bonchev–Trinajstić information content (AvgIpc) is 3.20. The van der Waals surface area contributed by atoms with E-state index in [0.29, 0.717) is 29.3 Å². The number of nitrogens with one attached hydrogen (secondary N) is 1. The Hall–Kier alpha value is -3.98. The molecule has 0 unspecified atom stereocenters. The third kappa shape index (κ3) is 4.93. The number of pyridine rings is 1. The molecule has 4 heterocycles. The van der Waals surface area contributed by atoms with Gasteiger partial charge in [0.2, 0.25) is 5.95 Å². The average molecular weight is 513 g/mol. The van der Waals surface area contributed by atoms with Crippen LogP contribution in [0.5, 0.6) is 0 Å². The lowest BCUT2D eigenvalue weighted by Gasteiger charge is -2.34. The van der Waals surface area contributed by atoms with Gasteiger partial charge in [0.15, 0.2) is 11.5 Å². The van der Waals surface area contributed by atoms with Crippen LogP contribution in [-0.2, 0) is 12.0 Å². The highest BCUT2D eigenvalue weighted by molar-refractivity contribution is 5.77. The van der Waals surface area contributed by atoms with Gasteiger partial charge in [-0.25, -0.2) is 19.3 Å². The molecule has 0 aliphatic carbocycles. The molecule has 1 N–H and O–H groups in total. The van der Waals surface area contributed by atoms with Gasteiger partial charge in [0.05, 0.1) is 6.54 Å². The minimum absolute atomic E-state index is 0.0967. The lowest BCUT2D eigenvalue weighted by atomic mass is 9.86. The number of anilines is 3. The normalized spacial score (nSPS) is 14.7. The van der Waals surface area contributed by atoms with E-state index < -0.39 is 0 Å². The first-order valence-corrected chi connectivity index (χ1v) is 13.2. The second kappa shape index (κ2) is 10.4. The van der Waals surface area contributed by atoms with Gasteiger partial charge in [-0.05, 0) is 49.9 Å². The van der Waals surface area contributed by atoms with Crippen LogP contribution >= 0.6 is 0 Å². The zero-order valence-corrected chi connectivity index (χ0v) is 22.7.